The number of benzene rings is 3. The summed E-state index contributed by atoms with van der Waals surface area (Å²) in [6.07, 6.45) is 11.1. The van der Waals surface area contributed by atoms with E-state index in [2.05, 4.69) is 117 Å². The molecule has 2 unspecified atom stereocenters. The van der Waals surface area contributed by atoms with E-state index in [0.717, 1.165) is 12.8 Å². The third-order valence-electron chi connectivity index (χ3n) is 6.05. The molecule has 3 aromatic rings. The van der Waals surface area contributed by atoms with Crippen molar-refractivity contribution in [3.05, 3.63) is 120 Å². The van der Waals surface area contributed by atoms with Crippen LogP contribution in [0.3, 0.4) is 0 Å². The van der Waals surface area contributed by atoms with Crippen molar-refractivity contribution in [3.63, 3.8) is 0 Å². The minimum atomic E-state index is 0.117. The maximum absolute atomic E-state index is 2.33. The smallest absolute Gasteiger partial charge is 0.0141 e. The normalized spacial score (nSPS) is 19.5. The van der Waals surface area contributed by atoms with Crippen LogP contribution in [0.25, 0.3) is 11.1 Å². The molecule has 0 spiro atoms. The minimum absolute atomic E-state index is 0.117. The number of hydrogen-bond acceptors (Lipinski definition) is 0. The van der Waals surface area contributed by atoms with E-state index in [9.17, 15) is 0 Å². The van der Waals surface area contributed by atoms with Crippen LogP contribution in [-0.2, 0) is 5.41 Å². The second-order valence-corrected chi connectivity index (χ2v) is 7.98. The fourth-order valence-corrected chi connectivity index (χ4v) is 4.24. The molecule has 1 aliphatic rings. The summed E-state index contributed by atoms with van der Waals surface area (Å²) < 4.78 is 0. The van der Waals surface area contributed by atoms with E-state index in [0.29, 0.717) is 5.92 Å². The van der Waals surface area contributed by atoms with Gasteiger partial charge in [-0.25, -0.2) is 0 Å². The van der Waals surface area contributed by atoms with Crippen LogP contribution in [-0.4, -0.2) is 0 Å². The maximum atomic E-state index is 2.33. The van der Waals surface area contributed by atoms with Crippen LogP contribution in [0.5, 0.6) is 0 Å². The van der Waals surface area contributed by atoms with Gasteiger partial charge >= 0.3 is 0 Å². The first-order valence-corrected chi connectivity index (χ1v) is 10.3. The van der Waals surface area contributed by atoms with E-state index in [1.807, 2.05) is 0 Å². The Morgan fingerprint density at radius 3 is 1.93 bits per heavy atom. The lowest BCUT2D eigenvalue weighted by molar-refractivity contribution is 0.599. The molecule has 0 bridgehead atoms. The molecule has 0 fully saturated rings. The van der Waals surface area contributed by atoms with Crippen LogP contribution in [0.1, 0.15) is 49.3 Å². The summed E-state index contributed by atoms with van der Waals surface area (Å²) in [4.78, 5) is 0. The van der Waals surface area contributed by atoms with Gasteiger partial charge in [0.25, 0.3) is 0 Å². The summed E-state index contributed by atoms with van der Waals surface area (Å²) in [5.74, 6) is 0.438. The number of hydrogen-bond donors (Lipinski definition) is 0. The second kappa shape index (κ2) is 8.02. The SMILES string of the molecule is CCC(c1ccc(-c2ccccc2)cc1)c1ccc(C2(C)C=CC=CC2)cc1. The van der Waals surface area contributed by atoms with Crippen molar-refractivity contribution < 1.29 is 0 Å². The van der Waals surface area contributed by atoms with Crippen LogP contribution in [0, 0.1) is 0 Å². The molecule has 2 atom stereocenters. The molecule has 0 aliphatic heterocycles. The van der Waals surface area contributed by atoms with E-state index >= 15 is 0 Å². The fourth-order valence-electron chi connectivity index (χ4n) is 4.24. The Morgan fingerprint density at radius 2 is 1.36 bits per heavy atom. The van der Waals surface area contributed by atoms with Gasteiger partial charge < -0.3 is 0 Å². The van der Waals surface area contributed by atoms with Crippen LogP contribution < -0.4 is 0 Å². The molecule has 1 aliphatic carbocycles. The van der Waals surface area contributed by atoms with Gasteiger partial charge in [-0.1, -0.05) is 117 Å². The van der Waals surface area contributed by atoms with Crippen LogP contribution >= 0.6 is 0 Å². The highest BCUT2D eigenvalue weighted by Crippen LogP contribution is 2.35. The van der Waals surface area contributed by atoms with Gasteiger partial charge in [0.2, 0.25) is 0 Å². The summed E-state index contributed by atoms with van der Waals surface area (Å²) in [6.45, 7) is 4.60. The molecule has 0 amide bonds. The number of rotatable bonds is 5. The first-order valence-electron chi connectivity index (χ1n) is 10.3. The first kappa shape index (κ1) is 18.5. The average Bonchev–Trinajstić information content (AvgIpc) is 2.76. The zero-order valence-electron chi connectivity index (χ0n) is 16.8. The Morgan fingerprint density at radius 1 is 0.750 bits per heavy atom. The van der Waals surface area contributed by atoms with Crippen molar-refractivity contribution in [2.45, 2.75) is 38.0 Å². The fraction of sp³-hybridized carbons (Fsp3) is 0.214. The monoisotopic (exact) mass is 364 g/mol. The molecule has 140 valence electrons. The molecule has 0 N–H and O–H groups in total. The Bertz CT molecular complexity index is 959. The molecule has 3 aromatic carbocycles. The Balaban J connectivity index is 1.57. The molecule has 28 heavy (non-hydrogen) atoms. The van der Waals surface area contributed by atoms with Crippen molar-refractivity contribution in [3.8, 4) is 11.1 Å². The highest BCUT2D eigenvalue weighted by atomic mass is 14.3. The van der Waals surface area contributed by atoms with E-state index in [-0.39, 0.29) is 5.41 Å². The van der Waals surface area contributed by atoms with Gasteiger partial charge in [-0.2, -0.15) is 0 Å². The van der Waals surface area contributed by atoms with E-state index in [4.69, 9.17) is 0 Å². The molecular weight excluding hydrogens is 336 g/mol. The maximum Gasteiger partial charge on any atom is 0.0141 e. The third-order valence-corrected chi connectivity index (χ3v) is 6.05. The van der Waals surface area contributed by atoms with Gasteiger partial charge in [-0.15, -0.1) is 0 Å². The van der Waals surface area contributed by atoms with Gasteiger partial charge in [0, 0.05) is 11.3 Å². The van der Waals surface area contributed by atoms with E-state index in [1.165, 1.54) is 27.8 Å². The van der Waals surface area contributed by atoms with Gasteiger partial charge in [0.05, 0.1) is 0 Å². The van der Waals surface area contributed by atoms with Crippen molar-refractivity contribution in [1.82, 2.24) is 0 Å². The lowest BCUT2D eigenvalue weighted by atomic mass is 9.76. The second-order valence-electron chi connectivity index (χ2n) is 7.98. The van der Waals surface area contributed by atoms with E-state index < -0.39 is 0 Å². The lowest BCUT2D eigenvalue weighted by Gasteiger charge is -2.28. The summed E-state index contributed by atoms with van der Waals surface area (Å²) >= 11 is 0. The van der Waals surface area contributed by atoms with Gasteiger partial charge in [-0.3, -0.25) is 0 Å². The van der Waals surface area contributed by atoms with Gasteiger partial charge in [0.1, 0.15) is 0 Å². The molecule has 4 rings (SSSR count). The summed E-state index contributed by atoms with van der Waals surface area (Å²) in [5.41, 5.74) is 6.85. The zero-order chi connectivity index (χ0) is 19.4. The molecule has 0 heterocycles. The van der Waals surface area contributed by atoms with Crippen molar-refractivity contribution in [2.24, 2.45) is 0 Å². The highest BCUT2D eigenvalue weighted by Gasteiger charge is 2.23. The quantitative estimate of drug-likeness (QED) is 0.436. The van der Waals surface area contributed by atoms with Crippen LogP contribution in [0.15, 0.2) is 103 Å². The largest absolute Gasteiger partial charge is 0.0834 e. The first-order chi connectivity index (χ1) is 13.7. The Labute approximate surface area is 169 Å². The Kier molecular flexibility index (Phi) is 5.30. The summed E-state index contributed by atoms with van der Waals surface area (Å²) in [7, 11) is 0. The highest BCUT2D eigenvalue weighted by molar-refractivity contribution is 5.63. The predicted octanol–water partition coefficient (Wildman–Crippen LogP) is 7.67. The van der Waals surface area contributed by atoms with Crippen molar-refractivity contribution in [1.29, 1.82) is 0 Å². The third kappa shape index (κ3) is 3.73. The minimum Gasteiger partial charge on any atom is -0.0834 e. The number of allylic oxidation sites excluding steroid dienone is 4. The molecule has 0 aromatic heterocycles. The van der Waals surface area contributed by atoms with Gasteiger partial charge in [0.15, 0.2) is 0 Å². The molecule has 0 saturated heterocycles. The molecule has 0 nitrogen and oxygen atoms in total. The lowest BCUT2D eigenvalue weighted by Crippen LogP contribution is -2.19. The van der Waals surface area contributed by atoms with Crippen molar-refractivity contribution >= 4 is 0 Å². The average molecular weight is 365 g/mol. The standard InChI is InChI=1S/C28H28/c1-3-27(24-14-12-23(13-15-24)22-10-6-4-7-11-22)25-16-18-26(19-17-25)28(2)20-8-5-9-21-28/h4-20,27H,3,21H2,1-2H3. The molecule has 0 saturated carbocycles. The molecule has 0 radical (unpaired) electrons. The summed E-state index contributed by atoms with van der Waals surface area (Å²) in [5, 5.41) is 0. The topological polar surface area (TPSA) is 0 Å². The molecular formula is C28H28. The molecule has 0 heteroatoms. The zero-order valence-corrected chi connectivity index (χ0v) is 16.8. The van der Waals surface area contributed by atoms with Gasteiger partial charge in [-0.05, 0) is 40.7 Å². The van der Waals surface area contributed by atoms with Crippen molar-refractivity contribution in [2.75, 3.05) is 0 Å². The summed E-state index contributed by atoms with van der Waals surface area (Å²) in [6, 6.07) is 29.0. The van der Waals surface area contributed by atoms with Crippen LogP contribution in [0.4, 0.5) is 0 Å². The van der Waals surface area contributed by atoms with Crippen LogP contribution in [0.2, 0.25) is 0 Å². The van der Waals surface area contributed by atoms with E-state index in [1.54, 1.807) is 0 Å². The predicted molar refractivity (Wildman–Crippen MR) is 121 cm³/mol. The Hall–Kier alpha value is -2.86.